The summed E-state index contributed by atoms with van der Waals surface area (Å²) in [4.78, 5) is 36.5. The predicted octanol–water partition coefficient (Wildman–Crippen LogP) is 6.28. The Morgan fingerprint density at radius 1 is 0.974 bits per heavy atom. The normalized spacial score (nSPS) is 14.4. The van der Waals surface area contributed by atoms with Crippen molar-refractivity contribution in [1.82, 2.24) is 15.3 Å². The van der Waals surface area contributed by atoms with Crippen LogP contribution in [0.4, 0.5) is 17.3 Å². The summed E-state index contributed by atoms with van der Waals surface area (Å²) in [5.74, 6) is 0.345. The highest BCUT2D eigenvalue weighted by molar-refractivity contribution is 7.14. The molecule has 1 saturated carbocycles. The van der Waals surface area contributed by atoms with E-state index in [1.54, 1.807) is 29.7 Å². The number of hydrogen-bond donors (Lipinski definition) is 3. The fourth-order valence-electron chi connectivity index (χ4n) is 4.73. The monoisotopic (exact) mass is 523 g/mol. The van der Waals surface area contributed by atoms with Crippen molar-refractivity contribution >= 4 is 40.5 Å². The Morgan fingerprint density at radius 2 is 1.79 bits per heavy atom. The lowest BCUT2D eigenvalue weighted by Gasteiger charge is -2.13. The van der Waals surface area contributed by atoms with Crippen LogP contribution in [-0.2, 0) is 12.8 Å². The summed E-state index contributed by atoms with van der Waals surface area (Å²) in [6, 6.07) is 17.4. The topological polar surface area (TPSA) is 96.0 Å². The van der Waals surface area contributed by atoms with Gasteiger partial charge >= 0.3 is 0 Å². The van der Waals surface area contributed by atoms with Gasteiger partial charge in [-0.1, -0.05) is 12.1 Å². The van der Waals surface area contributed by atoms with Crippen molar-refractivity contribution in [2.75, 3.05) is 10.6 Å². The minimum absolute atomic E-state index is 0.0431. The third-order valence-corrected chi connectivity index (χ3v) is 8.29. The second-order valence-electron chi connectivity index (χ2n) is 9.91. The summed E-state index contributed by atoms with van der Waals surface area (Å²) in [5.41, 5.74) is 6.14. The Labute approximate surface area is 225 Å². The number of aryl methyl sites for hydroxylation is 2. The highest BCUT2D eigenvalue weighted by atomic mass is 32.1. The molecule has 2 aliphatic rings. The number of hydrogen-bond acceptors (Lipinski definition) is 6. The Bertz CT molecular complexity index is 1480. The Hall–Kier alpha value is -4.04. The zero-order valence-corrected chi connectivity index (χ0v) is 22.0. The van der Waals surface area contributed by atoms with Gasteiger partial charge in [0, 0.05) is 39.6 Å². The van der Waals surface area contributed by atoms with Crippen LogP contribution < -0.4 is 16.0 Å². The Kier molecular flexibility index (Phi) is 6.64. The molecule has 0 atom stereocenters. The van der Waals surface area contributed by atoms with Gasteiger partial charge < -0.3 is 16.0 Å². The predicted molar refractivity (Wildman–Crippen MR) is 151 cm³/mol. The van der Waals surface area contributed by atoms with E-state index in [4.69, 9.17) is 4.98 Å². The maximum Gasteiger partial charge on any atom is 0.265 e. The first-order chi connectivity index (χ1) is 18.5. The van der Waals surface area contributed by atoms with Crippen LogP contribution in [0.25, 0.3) is 11.3 Å². The molecule has 2 aromatic heterocycles. The molecule has 0 bridgehead atoms. The van der Waals surface area contributed by atoms with Gasteiger partial charge in [0.1, 0.15) is 0 Å². The van der Waals surface area contributed by atoms with Gasteiger partial charge in [0.25, 0.3) is 11.8 Å². The fourth-order valence-corrected chi connectivity index (χ4v) is 5.88. The van der Waals surface area contributed by atoms with Crippen LogP contribution in [0.1, 0.15) is 61.7 Å². The number of rotatable bonds is 7. The molecule has 2 amide bonds. The summed E-state index contributed by atoms with van der Waals surface area (Å²) >= 11 is 1.62. The number of carbonyl (C=O) groups is 2. The third-order valence-electron chi connectivity index (χ3n) is 7.05. The minimum atomic E-state index is -0.0658. The molecule has 0 unspecified atom stereocenters. The van der Waals surface area contributed by atoms with E-state index in [0.717, 1.165) is 58.8 Å². The summed E-state index contributed by atoms with van der Waals surface area (Å²) in [5, 5.41) is 9.33. The van der Waals surface area contributed by atoms with Gasteiger partial charge in [0.15, 0.2) is 0 Å². The maximum atomic E-state index is 13.0. The maximum absolute atomic E-state index is 13.0. The molecule has 4 aromatic rings. The van der Waals surface area contributed by atoms with Crippen LogP contribution in [0.5, 0.6) is 0 Å². The molecule has 6 rings (SSSR count). The third kappa shape index (κ3) is 5.31. The van der Waals surface area contributed by atoms with E-state index in [0.29, 0.717) is 17.6 Å². The number of thiophene rings is 1. The van der Waals surface area contributed by atoms with Crippen molar-refractivity contribution < 1.29 is 9.59 Å². The number of aromatic nitrogens is 2. The van der Waals surface area contributed by atoms with E-state index in [1.807, 2.05) is 43.3 Å². The molecule has 38 heavy (non-hydrogen) atoms. The molecule has 8 heteroatoms. The van der Waals surface area contributed by atoms with Crippen LogP contribution in [0.3, 0.4) is 0 Å². The lowest BCUT2D eigenvalue weighted by molar-refractivity contribution is 0.0950. The standard InChI is InChI=1S/C30H29N5O2S/c1-18-23(6-4-7-24(18)34-29(37)27-17-20-5-2-3-8-26(20)38-27)25-15-16-31-30(35-25)33-22-11-9-19(10-12-22)28(36)32-21-13-14-21/h4,6-7,9-12,15-17,21H,2-3,5,8,13-14H2,1H3,(H,32,36)(H,34,37)(H,31,33,35). The van der Waals surface area contributed by atoms with Crippen LogP contribution in [0.2, 0.25) is 0 Å². The molecule has 2 aromatic carbocycles. The lowest BCUT2D eigenvalue weighted by atomic mass is 9.99. The quantitative estimate of drug-likeness (QED) is 0.265. The van der Waals surface area contributed by atoms with Crippen molar-refractivity contribution in [3.8, 4) is 11.3 Å². The lowest BCUT2D eigenvalue weighted by Crippen LogP contribution is -2.25. The molecule has 7 nitrogen and oxygen atoms in total. The minimum Gasteiger partial charge on any atom is -0.349 e. The molecule has 0 saturated heterocycles. The van der Waals surface area contributed by atoms with E-state index in [1.165, 1.54) is 23.3 Å². The van der Waals surface area contributed by atoms with Gasteiger partial charge in [-0.15, -0.1) is 11.3 Å². The summed E-state index contributed by atoms with van der Waals surface area (Å²) in [7, 11) is 0. The highest BCUT2D eigenvalue weighted by Crippen LogP contribution is 2.32. The first-order valence-electron chi connectivity index (χ1n) is 13.1. The van der Waals surface area contributed by atoms with Crippen molar-refractivity contribution in [1.29, 1.82) is 0 Å². The van der Waals surface area contributed by atoms with E-state index in [2.05, 4.69) is 27.0 Å². The van der Waals surface area contributed by atoms with Gasteiger partial charge in [0.05, 0.1) is 10.6 Å². The zero-order valence-electron chi connectivity index (χ0n) is 21.2. The van der Waals surface area contributed by atoms with E-state index in [-0.39, 0.29) is 11.8 Å². The molecule has 1 fully saturated rings. The Balaban J connectivity index is 1.17. The summed E-state index contributed by atoms with van der Waals surface area (Å²) in [6.07, 6.45) is 8.37. The SMILES string of the molecule is Cc1c(NC(=O)c2cc3c(s2)CCCC3)cccc1-c1ccnc(Nc2ccc(C(=O)NC3CC3)cc2)n1. The van der Waals surface area contributed by atoms with E-state index < -0.39 is 0 Å². The molecule has 0 aliphatic heterocycles. The number of nitrogens with zero attached hydrogens (tertiary/aromatic N) is 2. The van der Waals surface area contributed by atoms with Crippen LogP contribution in [0, 0.1) is 6.92 Å². The number of benzene rings is 2. The summed E-state index contributed by atoms with van der Waals surface area (Å²) in [6.45, 7) is 1.99. The number of carbonyl (C=O) groups excluding carboxylic acids is 2. The molecular weight excluding hydrogens is 494 g/mol. The number of amides is 2. The zero-order chi connectivity index (χ0) is 26.1. The summed E-state index contributed by atoms with van der Waals surface area (Å²) < 4.78 is 0. The first kappa shape index (κ1) is 24.3. The number of fused-ring (bicyclic) bond motifs is 1. The second-order valence-corrected chi connectivity index (χ2v) is 11.1. The molecule has 3 N–H and O–H groups in total. The molecule has 0 spiro atoms. The molecule has 2 heterocycles. The largest absolute Gasteiger partial charge is 0.349 e. The molecular formula is C30H29N5O2S. The van der Waals surface area contributed by atoms with Crippen LogP contribution in [0.15, 0.2) is 60.8 Å². The van der Waals surface area contributed by atoms with E-state index in [9.17, 15) is 9.59 Å². The smallest absolute Gasteiger partial charge is 0.265 e. The van der Waals surface area contributed by atoms with Crippen molar-refractivity contribution in [3.63, 3.8) is 0 Å². The van der Waals surface area contributed by atoms with Gasteiger partial charge in [-0.2, -0.15) is 0 Å². The number of anilines is 3. The average molecular weight is 524 g/mol. The van der Waals surface area contributed by atoms with Crippen molar-refractivity contribution in [2.45, 2.75) is 51.5 Å². The first-order valence-corrected chi connectivity index (χ1v) is 13.9. The average Bonchev–Trinajstić information content (AvgIpc) is 3.64. The van der Waals surface area contributed by atoms with Gasteiger partial charge in [-0.25, -0.2) is 9.97 Å². The van der Waals surface area contributed by atoms with Crippen LogP contribution >= 0.6 is 11.3 Å². The Morgan fingerprint density at radius 3 is 2.58 bits per heavy atom. The van der Waals surface area contributed by atoms with Crippen molar-refractivity contribution in [2.24, 2.45) is 0 Å². The molecule has 2 aliphatic carbocycles. The van der Waals surface area contributed by atoms with Gasteiger partial charge in [0.2, 0.25) is 5.95 Å². The number of nitrogens with one attached hydrogen (secondary N) is 3. The van der Waals surface area contributed by atoms with Gasteiger partial charge in [-0.3, -0.25) is 9.59 Å². The van der Waals surface area contributed by atoms with E-state index >= 15 is 0 Å². The fraction of sp³-hybridized carbons (Fsp3) is 0.267. The molecule has 192 valence electrons. The van der Waals surface area contributed by atoms with Gasteiger partial charge in [-0.05, 0) is 99.0 Å². The highest BCUT2D eigenvalue weighted by Gasteiger charge is 2.23. The second kappa shape index (κ2) is 10.4. The van der Waals surface area contributed by atoms with Crippen LogP contribution in [-0.4, -0.2) is 27.8 Å². The molecule has 0 radical (unpaired) electrons. The van der Waals surface area contributed by atoms with Crippen molar-refractivity contribution in [3.05, 3.63) is 87.2 Å².